The second-order valence-corrected chi connectivity index (χ2v) is 11.3. The highest BCUT2D eigenvalue weighted by atomic mass is 16.3. The van der Waals surface area contributed by atoms with Gasteiger partial charge in [-0.2, -0.15) is 0 Å². The van der Waals surface area contributed by atoms with Crippen molar-refractivity contribution in [2.45, 2.75) is 40.0 Å². The monoisotopic (exact) mass is 508 g/mol. The third-order valence-corrected chi connectivity index (χ3v) is 7.29. The van der Waals surface area contributed by atoms with Crippen LogP contribution in [0.25, 0.3) is 55.9 Å². The molecule has 39 heavy (non-hydrogen) atoms. The van der Waals surface area contributed by atoms with E-state index >= 15 is 0 Å². The van der Waals surface area contributed by atoms with Crippen LogP contribution in [0.4, 0.5) is 0 Å². The molecular weight excluding hydrogens is 476 g/mol. The first kappa shape index (κ1) is 24.8. The quantitative estimate of drug-likeness (QED) is 0.238. The average Bonchev–Trinajstić information content (AvgIpc) is 3.34. The molecular formula is C36H32N2O. The summed E-state index contributed by atoms with van der Waals surface area (Å²) in [6.07, 6.45) is 3.79. The molecule has 0 atom stereocenters. The van der Waals surface area contributed by atoms with Crippen LogP contribution in [-0.4, -0.2) is 9.97 Å². The highest BCUT2D eigenvalue weighted by Crippen LogP contribution is 2.42. The molecule has 0 radical (unpaired) electrons. The van der Waals surface area contributed by atoms with E-state index in [0.29, 0.717) is 0 Å². The van der Waals surface area contributed by atoms with Crippen molar-refractivity contribution in [1.82, 2.24) is 9.97 Å². The van der Waals surface area contributed by atoms with Crippen molar-refractivity contribution in [3.63, 3.8) is 0 Å². The average molecular weight is 509 g/mol. The molecule has 6 aromatic rings. The molecule has 0 spiro atoms. The van der Waals surface area contributed by atoms with Gasteiger partial charge in [0.15, 0.2) is 5.76 Å². The molecule has 3 heteroatoms. The zero-order valence-corrected chi connectivity index (χ0v) is 23.1. The van der Waals surface area contributed by atoms with Gasteiger partial charge < -0.3 is 4.42 Å². The van der Waals surface area contributed by atoms with Gasteiger partial charge in [-0.25, -0.2) is 0 Å². The fourth-order valence-corrected chi connectivity index (χ4v) is 5.28. The molecule has 0 bridgehead atoms. The molecule has 0 saturated carbocycles. The Balaban J connectivity index is 1.47. The van der Waals surface area contributed by atoms with Crippen molar-refractivity contribution in [2.24, 2.45) is 0 Å². The molecule has 0 unspecified atom stereocenters. The number of hydrogen-bond acceptors (Lipinski definition) is 3. The van der Waals surface area contributed by atoms with Crippen LogP contribution in [0.1, 0.15) is 37.5 Å². The van der Waals surface area contributed by atoms with Gasteiger partial charge in [0.2, 0.25) is 0 Å². The summed E-state index contributed by atoms with van der Waals surface area (Å²) in [5, 5.41) is 1.13. The number of pyridine rings is 2. The van der Waals surface area contributed by atoms with Crippen molar-refractivity contribution in [3.05, 3.63) is 120 Å². The van der Waals surface area contributed by atoms with Crippen molar-refractivity contribution in [3.8, 4) is 45.0 Å². The minimum Gasteiger partial charge on any atom is -0.454 e. The molecule has 3 aromatic carbocycles. The van der Waals surface area contributed by atoms with Gasteiger partial charge in [0.25, 0.3) is 0 Å². The maximum absolute atomic E-state index is 6.45. The van der Waals surface area contributed by atoms with Gasteiger partial charge in [0, 0.05) is 28.9 Å². The summed E-state index contributed by atoms with van der Waals surface area (Å²) < 4.78 is 6.45. The second kappa shape index (κ2) is 9.67. The zero-order valence-electron chi connectivity index (χ0n) is 23.1. The maximum atomic E-state index is 6.45. The number of benzene rings is 3. The molecule has 0 fully saturated rings. The summed E-state index contributed by atoms with van der Waals surface area (Å²) in [6, 6.07) is 31.9. The molecule has 0 aliphatic rings. The van der Waals surface area contributed by atoms with E-state index in [1.165, 1.54) is 22.3 Å². The largest absolute Gasteiger partial charge is 0.454 e. The van der Waals surface area contributed by atoms with Crippen LogP contribution in [0.5, 0.6) is 0 Å². The number of nitrogens with zero attached hydrogens (tertiary/aromatic N) is 2. The SMILES string of the molecule is Cc1ccc(-c2oc3ccc(-c4cc(-c5cc(-c6ccccc6)ccn5)ccc4C)cc3c2C(C)(C)C)nc1. The van der Waals surface area contributed by atoms with Crippen LogP contribution in [0.2, 0.25) is 0 Å². The van der Waals surface area contributed by atoms with Gasteiger partial charge in [0.05, 0.1) is 5.69 Å². The van der Waals surface area contributed by atoms with Gasteiger partial charge in [-0.3, -0.25) is 9.97 Å². The highest BCUT2D eigenvalue weighted by Gasteiger charge is 2.27. The predicted octanol–water partition coefficient (Wildman–Crippen LogP) is 9.81. The normalized spacial score (nSPS) is 11.7. The Labute approximate surface area is 230 Å². The Hall–Kier alpha value is -4.50. The minimum atomic E-state index is -0.121. The molecule has 0 aliphatic heterocycles. The van der Waals surface area contributed by atoms with Crippen molar-refractivity contribution in [2.75, 3.05) is 0 Å². The fourth-order valence-electron chi connectivity index (χ4n) is 5.28. The van der Waals surface area contributed by atoms with Crippen molar-refractivity contribution >= 4 is 11.0 Å². The van der Waals surface area contributed by atoms with Gasteiger partial charge in [-0.15, -0.1) is 0 Å². The Morgan fingerprint density at radius 3 is 2.18 bits per heavy atom. The summed E-state index contributed by atoms with van der Waals surface area (Å²) in [6.45, 7) is 10.9. The summed E-state index contributed by atoms with van der Waals surface area (Å²) in [5.41, 5.74) is 11.9. The topological polar surface area (TPSA) is 38.9 Å². The van der Waals surface area contributed by atoms with E-state index in [1.54, 1.807) is 0 Å². The Morgan fingerprint density at radius 1 is 0.641 bits per heavy atom. The Morgan fingerprint density at radius 2 is 1.44 bits per heavy atom. The molecule has 0 saturated heterocycles. The van der Waals surface area contributed by atoms with Crippen molar-refractivity contribution in [1.29, 1.82) is 0 Å². The van der Waals surface area contributed by atoms with Crippen molar-refractivity contribution < 1.29 is 4.42 Å². The van der Waals surface area contributed by atoms with Gasteiger partial charge in [-0.05, 0) is 89.0 Å². The smallest absolute Gasteiger partial charge is 0.157 e. The number of aromatic nitrogens is 2. The molecule has 6 rings (SSSR count). The second-order valence-electron chi connectivity index (χ2n) is 11.3. The molecule has 3 nitrogen and oxygen atoms in total. The van der Waals surface area contributed by atoms with Crippen LogP contribution in [0.3, 0.4) is 0 Å². The van der Waals surface area contributed by atoms with Gasteiger partial charge >= 0.3 is 0 Å². The van der Waals surface area contributed by atoms with Crippen LogP contribution < -0.4 is 0 Å². The number of hydrogen-bond donors (Lipinski definition) is 0. The van der Waals surface area contributed by atoms with Crippen LogP contribution in [0, 0.1) is 13.8 Å². The first-order chi connectivity index (χ1) is 18.8. The van der Waals surface area contributed by atoms with E-state index in [0.717, 1.165) is 50.4 Å². The number of rotatable bonds is 4. The standard InChI is InChI=1S/C36H32N2O/c1-23-11-15-31(38-22-23)35-34(36(3,4)5)30-19-27(14-16-33(30)39-35)29-20-28(13-12-24(29)2)32-21-26(17-18-37-32)25-9-7-6-8-10-25/h6-22H,1-5H3. The van der Waals surface area contributed by atoms with E-state index in [-0.39, 0.29) is 5.41 Å². The van der Waals surface area contributed by atoms with E-state index in [4.69, 9.17) is 9.40 Å². The molecule has 3 aromatic heterocycles. The lowest BCUT2D eigenvalue weighted by Gasteiger charge is -2.19. The van der Waals surface area contributed by atoms with E-state index in [1.807, 2.05) is 24.5 Å². The third-order valence-electron chi connectivity index (χ3n) is 7.29. The van der Waals surface area contributed by atoms with Crippen LogP contribution >= 0.6 is 0 Å². The number of aryl methyl sites for hydroxylation is 2. The third kappa shape index (κ3) is 4.77. The van der Waals surface area contributed by atoms with Crippen LogP contribution in [-0.2, 0) is 5.41 Å². The van der Waals surface area contributed by atoms with Gasteiger partial charge in [-0.1, -0.05) is 75.4 Å². The molecule has 3 heterocycles. The van der Waals surface area contributed by atoms with E-state index in [9.17, 15) is 0 Å². The van der Waals surface area contributed by atoms with E-state index < -0.39 is 0 Å². The summed E-state index contributed by atoms with van der Waals surface area (Å²) in [4.78, 5) is 9.40. The Kier molecular flexibility index (Phi) is 6.15. The maximum Gasteiger partial charge on any atom is 0.157 e. The first-order valence-corrected chi connectivity index (χ1v) is 13.4. The lowest BCUT2D eigenvalue weighted by atomic mass is 9.83. The fraction of sp³-hybridized carbons (Fsp3) is 0.167. The molecule has 0 N–H and O–H groups in total. The van der Waals surface area contributed by atoms with Crippen LogP contribution in [0.15, 0.2) is 108 Å². The summed E-state index contributed by atoms with van der Waals surface area (Å²) >= 11 is 0. The summed E-state index contributed by atoms with van der Waals surface area (Å²) in [7, 11) is 0. The first-order valence-electron chi connectivity index (χ1n) is 13.4. The number of fused-ring (bicyclic) bond motifs is 1. The van der Waals surface area contributed by atoms with Gasteiger partial charge in [0.1, 0.15) is 11.3 Å². The molecule has 0 aliphatic carbocycles. The minimum absolute atomic E-state index is 0.121. The zero-order chi connectivity index (χ0) is 27.1. The predicted molar refractivity (Wildman–Crippen MR) is 162 cm³/mol. The highest BCUT2D eigenvalue weighted by molar-refractivity contribution is 5.92. The molecule has 0 amide bonds. The summed E-state index contributed by atoms with van der Waals surface area (Å²) in [5.74, 6) is 0.849. The van der Waals surface area contributed by atoms with E-state index in [2.05, 4.69) is 118 Å². The number of furan rings is 1. The lowest BCUT2D eigenvalue weighted by molar-refractivity contribution is 0.566. The Bertz CT molecular complexity index is 1790. The molecule has 192 valence electrons. The lowest BCUT2D eigenvalue weighted by Crippen LogP contribution is -2.12.